The van der Waals surface area contributed by atoms with Gasteiger partial charge in [0, 0.05) is 18.4 Å². The topological polar surface area (TPSA) is 83.4 Å². The van der Waals surface area contributed by atoms with Crippen molar-refractivity contribution in [2.75, 3.05) is 26.1 Å². The van der Waals surface area contributed by atoms with Crippen LogP contribution in [0.4, 0.5) is 5.69 Å². The quantitative estimate of drug-likeness (QED) is 0.616. The van der Waals surface area contributed by atoms with Crippen LogP contribution in [0.1, 0.15) is 5.89 Å². The highest BCUT2D eigenvalue weighted by molar-refractivity contribution is 5.57. The molecule has 96 valence electrons. The standard InChI is InChI=1S/C12H15N3O3/c1-16-6-7-17-8-11-14-12(15-18-11)9-2-4-10(13)5-3-9/h2-5H,6-8,13H2,1H3. The Balaban J connectivity index is 1.95. The first-order chi connectivity index (χ1) is 8.79. The van der Waals surface area contributed by atoms with E-state index in [1.54, 1.807) is 19.2 Å². The van der Waals surface area contributed by atoms with E-state index in [4.69, 9.17) is 19.7 Å². The van der Waals surface area contributed by atoms with Crippen molar-refractivity contribution in [3.63, 3.8) is 0 Å². The Kier molecular flexibility index (Phi) is 4.27. The third-order valence-corrected chi connectivity index (χ3v) is 2.29. The average Bonchev–Trinajstić information content (AvgIpc) is 2.84. The predicted molar refractivity (Wildman–Crippen MR) is 65.7 cm³/mol. The molecular formula is C12H15N3O3. The van der Waals surface area contributed by atoms with Gasteiger partial charge in [0.15, 0.2) is 0 Å². The SMILES string of the molecule is COCCOCc1nc(-c2ccc(N)cc2)no1. The monoisotopic (exact) mass is 249 g/mol. The Morgan fingerprint density at radius 1 is 1.22 bits per heavy atom. The molecular weight excluding hydrogens is 234 g/mol. The summed E-state index contributed by atoms with van der Waals surface area (Å²) in [6.07, 6.45) is 0. The van der Waals surface area contributed by atoms with Crippen LogP contribution in [0.25, 0.3) is 11.4 Å². The third kappa shape index (κ3) is 3.28. The number of aromatic nitrogens is 2. The van der Waals surface area contributed by atoms with Gasteiger partial charge >= 0.3 is 0 Å². The molecule has 6 heteroatoms. The number of rotatable bonds is 6. The second-order valence-corrected chi connectivity index (χ2v) is 3.68. The van der Waals surface area contributed by atoms with Gasteiger partial charge in [-0.2, -0.15) is 4.98 Å². The summed E-state index contributed by atoms with van der Waals surface area (Å²) in [4.78, 5) is 4.22. The van der Waals surface area contributed by atoms with Crippen LogP contribution in [0.2, 0.25) is 0 Å². The van der Waals surface area contributed by atoms with Crippen molar-refractivity contribution >= 4 is 5.69 Å². The van der Waals surface area contributed by atoms with Crippen molar-refractivity contribution < 1.29 is 14.0 Å². The highest BCUT2D eigenvalue weighted by Crippen LogP contribution is 2.17. The maximum Gasteiger partial charge on any atom is 0.252 e. The summed E-state index contributed by atoms with van der Waals surface area (Å²) in [6.45, 7) is 1.32. The van der Waals surface area contributed by atoms with Crippen molar-refractivity contribution in [2.24, 2.45) is 0 Å². The molecule has 6 nitrogen and oxygen atoms in total. The van der Waals surface area contributed by atoms with Gasteiger partial charge in [-0.05, 0) is 24.3 Å². The van der Waals surface area contributed by atoms with Gasteiger partial charge < -0.3 is 19.7 Å². The first-order valence-corrected chi connectivity index (χ1v) is 5.55. The van der Waals surface area contributed by atoms with Crippen molar-refractivity contribution in [2.45, 2.75) is 6.61 Å². The van der Waals surface area contributed by atoms with E-state index < -0.39 is 0 Å². The summed E-state index contributed by atoms with van der Waals surface area (Å²) in [7, 11) is 1.62. The molecule has 0 spiro atoms. The van der Waals surface area contributed by atoms with Gasteiger partial charge in [-0.1, -0.05) is 5.16 Å². The van der Waals surface area contributed by atoms with Gasteiger partial charge in [0.1, 0.15) is 6.61 Å². The Bertz CT molecular complexity index is 482. The molecule has 0 saturated heterocycles. The first-order valence-electron chi connectivity index (χ1n) is 5.55. The zero-order chi connectivity index (χ0) is 12.8. The summed E-state index contributed by atoms with van der Waals surface area (Å²) in [5.41, 5.74) is 7.16. The van der Waals surface area contributed by atoms with E-state index in [0.29, 0.717) is 30.6 Å². The molecule has 0 aliphatic heterocycles. The lowest BCUT2D eigenvalue weighted by Gasteiger charge is -1.98. The lowest BCUT2D eigenvalue weighted by molar-refractivity contribution is 0.0494. The van der Waals surface area contributed by atoms with Gasteiger partial charge in [0.25, 0.3) is 5.89 Å². The molecule has 0 aliphatic carbocycles. The maximum atomic E-state index is 5.61. The minimum Gasteiger partial charge on any atom is -0.399 e. The molecule has 0 amide bonds. The summed E-state index contributed by atoms with van der Waals surface area (Å²) >= 11 is 0. The van der Waals surface area contributed by atoms with Gasteiger partial charge in [0.2, 0.25) is 5.82 Å². The van der Waals surface area contributed by atoms with Crippen molar-refractivity contribution in [1.82, 2.24) is 10.1 Å². The average molecular weight is 249 g/mol. The van der Waals surface area contributed by atoms with E-state index in [1.165, 1.54) is 0 Å². The number of methoxy groups -OCH3 is 1. The number of nitrogen functional groups attached to an aromatic ring is 1. The van der Waals surface area contributed by atoms with Gasteiger partial charge in [-0.25, -0.2) is 0 Å². The van der Waals surface area contributed by atoms with Crippen LogP contribution in [0.5, 0.6) is 0 Å². The molecule has 0 saturated carbocycles. The molecule has 0 fully saturated rings. The van der Waals surface area contributed by atoms with E-state index in [0.717, 1.165) is 5.56 Å². The molecule has 1 aromatic heterocycles. The Labute approximate surface area is 105 Å². The molecule has 0 unspecified atom stereocenters. The summed E-state index contributed by atoms with van der Waals surface area (Å²) in [5.74, 6) is 0.971. The number of hydrogen-bond donors (Lipinski definition) is 1. The molecule has 2 aromatic rings. The molecule has 0 bridgehead atoms. The van der Waals surface area contributed by atoms with Crippen LogP contribution in [-0.4, -0.2) is 30.5 Å². The fraction of sp³-hybridized carbons (Fsp3) is 0.333. The minimum atomic E-state index is 0.283. The van der Waals surface area contributed by atoms with Crippen molar-refractivity contribution in [1.29, 1.82) is 0 Å². The smallest absolute Gasteiger partial charge is 0.252 e. The van der Waals surface area contributed by atoms with Crippen LogP contribution >= 0.6 is 0 Å². The third-order valence-electron chi connectivity index (χ3n) is 2.29. The largest absolute Gasteiger partial charge is 0.399 e. The molecule has 2 rings (SSSR count). The number of nitrogens with zero attached hydrogens (tertiary/aromatic N) is 2. The zero-order valence-electron chi connectivity index (χ0n) is 10.1. The Morgan fingerprint density at radius 3 is 2.72 bits per heavy atom. The second kappa shape index (κ2) is 6.13. The van der Waals surface area contributed by atoms with Crippen molar-refractivity contribution in [3.8, 4) is 11.4 Å². The molecule has 1 heterocycles. The van der Waals surface area contributed by atoms with Gasteiger partial charge in [-0.3, -0.25) is 0 Å². The van der Waals surface area contributed by atoms with E-state index in [2.05, 4.69) is 10.1 Å². The molecule has 0 aliphatic rings. The van der Waals surface area contributed by atoms with E-state index in [9.17, 15) is 0 Å². The number of anilines is 1. The van der Waals surface area contributed by atoms with Crippen LogP contribution in [0.3, 0.4) is 0 Å². The van der Waals surface area contributed by atoms with E-state index >= 15 is 0 Å². The fourth-order valence-corrected chi connectivity index (χ4v) is 1.36. The van der Waals surface area contributed by atoms with Crippen LogP contribution in [-0.2, 0) is 16.1 Å². The minimum absolute atomic E-state index is 0.283. The number of nitrogens with two attached hydrogens (primary N) is 1. The Hall–Kier alpha value is -1.92. The Morgan fingerprint density at radius 2 is 2.00 bits per heavy atom. The van der Waals surface area contributed by atoms with Crippen LogP contribution in [0, 0.1) is 0 Å². The lowest BCUT2D eigenvalue weighted by atomic mass is 10.2. The van der Waals surface area contributed by atoms with Crippen LogP contribution < -0.4 is 5.73 Å². The predicted octanol–water partition coefficient (Wildman–Crippen LogP) is 1.48. The zero-order valence-corrected chi connectivity index (χ0v) is 10.1. The molecule has 1 aromatic carbocycles. The normalized spacial score (nSPS) is 10.7. The molecule has 0 atom stereocenters. The highest BCUT2D eigenvalue weighted by atomic mass is 16.5. The maximum absolute atomic E-state index is 5.61. The molecule has 2 N–H and O–H groups in total. The number of hydrogen-bond acceptors (Lipinski definition) is 6. The molecule has 18 heavy (non-hydrogen) atoms. The first kappa shape index (κ1) is 12.5. The fourth-order valence-electron chi connectivity index (χ4n) is 1.36. The number of benzene rings is 1. The van der Waals surface area contributed by atoms with Crippen LogP contribution in [0.15, 0.2) is 28.8 Å². The summed E-state index contributed by atoms with van der Waals surface area (Å²) < 4.78 is 15.2. The van der Waals surface area contributed by atoms with Gasteiger partial charge in [0.05, 0.1) is 13.2 Å². The highest BCUT2D eigenvalue weighted by Gasteiger charge is 2.08. The summed E-state index contributed by atoms with van der Waals surface area (Å²) in [6, 6.07) is 7.27. The van der Waals surface area contributed by atoms with E-state index in [-0.39, 0.29) is 6.61 Å². The molecule has 0 radical (unpaired) electrons. The van der Waals surface area contributed by atoms with Crippen molar-refractivity contribution in [3.05, 3.63) is 30.2 Å². The lowest BCUT2D eigenvalue weighted by Crippen LogP contribution is -2.01. The van der Waals surface area contributed by atoms with Gasteiger partial charge in [-0.15, -0.1) is 0 Å². The number of ether oxygens (including phenoxy) is 2. The summed E-state index contributed by atoms with van der Waals surface area (Å²) in [5, 5.41) is 3.88. The van der Waals surface area contributed by atoms with E-state index in [1.807, 2.05) is 12.1 Å². The second-order valence-electron chi connectivity index (χ2n) is 3.68.